The van der Waals surface area contributed by atoms with Crippen LogP contribution in [0.15, 0.2) is 22.5 Å². The Morgan fingerprint density at radius 1 is 1.19 bits per heavy atom. The zero-order valence-corrected chi connectivity index (χ0v) is 17.4. The van der Waals surface area contributed by atoms with Gasteiger partial charge in [0.25, 0.3) is 0 Å². The number of hydrogen-bond acceptors (Lipinski definition) is 3. The van der Waals surface area contributed by atoms with Crippen LogP contribution in [0.3, 0.4) is 0 Å². The summed E-state index contributed by atoms with van der Waals surface area (Å²) in [6.07, 6.45) is -2.21. The van der Waals surface area contributed by atoms with Gasteiger partial charge >= 0.3 is 6.18 Å². The molecule has 26 heavy (non-hydrogen) atoms. The van der Waals surface area contributed by atoms with Gasteiger partial charge in [0.1, 0.15) is 0 Å². The SMILES string of the molecule is CCN(C)C=Nc1cc(C)c(Cc2nc(C(F)(F)F)cs2)cc1C.Cl.Cl. The van der Waals surface area contributed by atoms with Gasteiger partial charge in [0.05, 0.1) is 17.0 Å². The van der Waals surface area contributed by atoms with E-state index in [1.807, 2.05) is 44.9 Å². The fraction of sp³-hybridized carbons (Fsp3) is 0.412. The van der Waals surface area contributed by atoms with Crippen molar-refractivity contribution in [1.29, 1.82) is 0 Å². The second kappa shape index (κ2) is 10.1. The average molecular weight is 428 g/mol. The summed E-state index contributed by atoms with van der Waals surface area (Å²) in [4.78, 5) is 10.1. The zero-order chi connectivity index (χ0) is 17.9. The second-order valence-electron chi connectivity index (χ2n) is 5.68. The van der Waals surface area contributed by atoms with Crippen LogP contribution >= 0.6 is 36.2 Å². The standard InChI is InChI=1S/C17H20F3N3S.2ClH/c1-5-23(4)10-21-14-7-11(2)13(6-12(14)3)8-16-22-15(9-24-16)17(18,19)20;;/h6-7,9-10H,5,8H2,1-4H3;2*1H. The molecule has 0 amide bonds. The lowest BCUT2D eigenvalue weighted by atomic mass is 10.0. The fourth-order valence-corrected chi connectivity index (χ4v) is 2.94. The molecule has 146 valence electrons. The van der Waals surface area contributed by atoms with Crippen LogP contribution in [0.2, 0.25) is 0 Å². The number of benzene rings is 1. The van der Waals surface area contributed by atoms with E-state index in [2.05, 4.69) is 9.98 Å². The molecule has 0 aliphatic heterocycles. The summed E-state index contributed by atoms with van der Waals surface area (Å²) in [6, 6.07) is 3.94. The first kappa shape index (κ1) is 24.7. The van der Waals surface area contributed by atoms with Gasteiger partial charge in [-0.3, -0.25) is 0 Å². The summed E-state index contributed by atoms with van der Waals surface area (Å²) in [6.45, 7) is 6.79. The Balaban J connectivity index is 0.00000312. The van der Waals surface area contributed by atoms with Gasteiger partial charge in [-0.1, -0.05) is 6.07 Å². The summed E-state index contributed by atoms with van der Waals surface area (Å²) < 4.78 is 37.9. The largest absolute Gasteiger partial charge is 0.434 e. The quantitative estimate of drug-likeness (QED) is 0.443. The van der Waals surface area contributed by atoms with Gasteiger partial charge in [-0.15, -0.1) is 36.2 Å². The molecule has 0 saturated carbocycles. The molecule has 0 aliphatic carbocycles. The van der Waals surface area contributed by atoms with Crippen molar-refractivity contribution in [3.63, 3.8) is 0 Å². The number of aliphatic imine (C=N–C) groups is 1. The third-order valence-corrected chi connectivity index (χ3v) is 4.58. The predicted octanol–water partition coefficient (Wildman–Crippen LogP) is 5.82. The smallest absolute Gasteiger partial charge is 0.366 e. The van der Waals surface area contributed by atoms with Crippen LogP contribution in [0.4, 0.5) is 18.9 Å². The molecule has 0 bridgehead atoms. The van der Waals surface area contributed by atoms with Crippen molar-refractivity contribution < 1.29 is 13.2 Å². The van der Waals surface area contributed by atoms with E-state index in [1.54, 1.807) is 6.34 Å². The van der Waals surface area contributed by atoms with Gasteiger partial charge in [-0.2, -0.15) is 13.2 Å². The van der Waals surface area contributed by atoms with E-state index in [9.17, 15) is 13.2 Å². The third-order valence-electron chi connectivity index (χ3n) is 3.73. The zero-order valence-electron chi connectivity index (χ0n) is 14.9. The highest BCUT2D eigenvalue weighted by molar-refractivity contribution is 7.09. The van der Waals surface area contributed by atoms with Crippen molar-refractivity contribution in [3.8, 4) is 0 Å². The van der Waals surface area contributed by atoms with Gasteiger partial charge in [-0.25, -0.2) is 9.98 Å². The lowest BCUT2D eigenvalue weighted by molar-refractivity contribution is -0.140. The van der Waals surface area contributed by atoms with Crippen LogP contribution in [0, 0.1) is 13.8 Å². The van der Waals surface area contributed by atoms with E-state index in [0.717, 1.165) is 45.6 Å². The van der Waals surface area contributed by atoms with Crippen LogP contribution in [-0.4, -0.2) is 29.8 Å². The van der Waals surface area contributed by atoms with Gasteiger partial charge < -0.3 is 4.90 Å². The van der Waals surface area contributed by atoms with Crippen molar-refractivity contribution in [1.82, 2.24) is 9.88 Å². The monoisotopic (exact) mass is 427 g/mol. The van der Waals surface area contributed by atoms with Crippen LogP contribution in [0.25, 0.3) is 0 Å². The Morgan fingerprint density at radius 3 is 2.38 bits per heavy atom. The van der Waals surface area contributed by atoms with Crippen LogP contribution in [-0.2, 0) is 12.6 Å². The summed E-state index contributed by atoms with van der Waals surface area (Å²) in [5, 5.41) is 1.53. The molecule has 2 rings (SSSR count). The third kappa shape index (κ3) is 6.45. The molecule has 1 heterocycles. The first-order valence-corrected chi connectivity index (χ1v) is 8.44. The summed E-state index contributed by atoms with van der Waals surface area (Å²) in [5.41, 5.74) is 3.00. The van der Waals surface area contributed by atoms with Crippen molar-refractivity contribution in [3.05, 3.63) is 44.9 Å². The summed E-state index contributed by atoms with van der Waals surface area (Å²) >= 11 is 1.04. The highest BCUT2D eigenvalue weighted by Gasteiger charge is 2.33. The molecule has 0 saturated heterocycles. The molecule has 1 aromatic heterocycles. The first-order valence-electron chi connectivity index (χ1n) is 7.57. The Kier molecular flexibility index (Phi) is 9.62. The summed E-state index contributed by atoms with van der Waals surface area (Å²) in [5.74, 6) is 0. The van der Waals surface area contributed by atoms with E-state index in [-0.39, 0.29) is 24.8 Å². The maximum absolute atomic E-state index is 12.6. The highest BCUT2D eigenvalue weighted by atomic mass is 35.5. The van der Waals surface area contributed by atoms with E-state index in [0.29, 0.717) is 11.4 Å². The maximum Gasteiger partial charge on any atom is 0.434 e. The Labute approximate surface area is 168 Å². The van der Waals surface area contributed by atoms with E-state index >= 15 is 0 Å². The molecule has 0 N–H and O–H groups in total. The summed E-state index contributed by atoms with van der Waals surface area (Å²) in [7, 11) is 1.95. The van der Waals surface area contributed by atoms with Crippen molar-refractivity contribution in [2.24, 2.45) is 4.99 Å². The van der Waals surface area contributed by atoms with E-state index in [1.165, 1.54) is 0 Å². The van der Waals surface area contributed by atoms with Gasteiger partial charge in [0.15, 0.2) is 5.69 Å². The lowest BCUT2D eigenvalue weighted by Crippen LogP contribution is -2.14. The van der Waals surface area contributed by atoms with E-state index in [4.69, 9.17) is 0 Å². The number of thiazole rings is 1. The Hall–Kier alpha value is -1.31. The molecule has 0 radical (unpaired) electrons. The molecule has 9 heteroatoms. The van der Waals surface area contributed by atoms with E-state index < -0.39 is 11.9 Å². The maximum atomic E-state index is 12.6. The number of aromatic nitrogens is 1. The van der Waals surface area contributed by atoms with Crippen molar-refractivity contribution in [2.45, 2.75) is 33.4 Å². The van der Waals surface area contributed by atoms with Crippen LogP contribution in [0.1, 0.15) is 34.3 Å². The van der Waals surface area contributed by atoms with Gasteiger partial charge in [0.2, 0.25) is 0 Å². The lowest BCUT2D eigenvalue weighted by Gasteiger charge is -2.11. The molecule has 0 aliphatic rings. The van der Waals surface area contributed by atoms with Crippen LogP contribution in [0.5, 0.6) is 0 Å². The fourth-order valence-electron chi connectivity index (χ4n) is 2.12. The van der Waals surface area contributed by atoms with Gasteiger partial charge in [0, 0.05) is 25.4 Å². The minimum Gasteiger partial charge on any atom is -0.366 e. The molecule has 2 aromatic rings. The normalized spacial score (nSPS) is 11.2. The first-order chi connectivity index (χ1) is 11.2. The predicted molar refractivity (Wildman–Crippen MR) is 107 cm³/mol. The number of rotatable bonds is 5. The molecule has 1 aromatic carbocycles. The molecule has 0 atom stereocenters. The Bertz CT molecular complexity index is 745. The minimum absolute atomic E-state index is 0. The molecule has 3 nitrogen and oxygen atoms in total. The topological polar surface area (TPSA) is 28.5 Å². The average Bonchev–Trinajstić information content (AvgIpc) is 2.97. The molecule has 0 spiro atoms. The minimum atomic E-state index is -4.39. The number of halogens is 5. The number of alkyl halides is 3. The molecular weight excluding hydrogens is 406 g/mol. The van der Waals surface area contributed by atoms with Gasteiger partial charge in [-0.05, 0) is 43.5 Å². The van der Waals surface area contributed by atoms with Crippen LogP contribution < -0.4 is 0 Å². The second-order valence-corrected chi connectivity index (χ2v) is 6.63. The number of hydrogen-bond donors (Lipinski definition) is 0. The molecule has 0 fully saturated rings. The van der Waals surface area contributed by atoms with Crippen molar-refractivity contribution in [2.75, 3.05) is 13.6 Å². The molecular formula is C17H22Cl2F3N3S. The highest BCUT2D eigenvalue weighted by Crippen LogP contribution is 2.31. The van der Waals surface area contributed by atoms with Crippen molar-refractivity contribution >= 4 is 48.2 Å². The molecule has 0 unspecified atom stereocenters. The Morgan fingerprint density at radius 2 is 1.85 bits per heavy atom. The number of nitrogens with zero attached hydrogens (tertiary/aromatic N) is 3. The number of aryl methyl sites for hydroxylation is 2.